The number of amides is 1. The van der Waals surface area contributed by atoms with Crippen LogP contribution in [0.4, 0.5) is 0 Å². The number of nitrogens with one attached hydrogen (secondary N) is 1. The molecule has 7 heteroatoms. The van der Waals surface area contributed by atoms with E-state index in [9.17, 15) is 13.2 Å². The second-order valence-corrected chi connectivity index (χ2v) is 8.31. The highest BCUT2D eigenvalue weighted by molar-refractivity contribution is 7.90. The van der Waals surface area contributed by atoms with Gasteiger partial charge in [0.2, 0.25) is 5.91 Å². The number of benzene rings is 2. The summed E-state index contributed by atoms with van der Waals surface area (Å²) in [5.74, 6) is -0.531. The molecule has 0 spiro atoms. The molecule has 1 amide bonds. The molecule has 3 unspecified atom stereocenters. The second-order valence-electron chi connectivity index (χ2n) is 6.30. The zero-order valence-electron chi connectivity index (χ0n) is 15.0. The molecule has 0 radical (unpaired) electrons. The minimum absolute atomic E-state index is 0. The summed E-state index contributed by atoms with van der Waals surface area (Å²) >= 11 is 0. The van der Waals surface area contributed by atoms with Crippen LogP contribution in [0, 0.1) is 5.92 Å². The number of rotatable bonds is 6. The Balaban J connectivity index is 0.00000338. The van der Waals surface area contributed by atoms with Crippen LogP contribution in [-0.4, -0.2) is 20.6 Å². The SMILES string of the molecule is CC(NC(=O)C(C)C(N)c1ccccc1)c1ccc(S(C)(=O)=O)cc1.Cl. The molecule has 0 saturated heterocycles. The fourth-order valence-corrected chi connectivity index (χ4v) is 3.19. The first-order valence-corrected chi connectivity index (χ1v) is 10.00. The predicted octanol–water partition coefficient (Wildman–Crippen LogP) is 3.03. The van der Waals surface area contributed by atoms with E-state index in [1.165, 1.54) is 6.26 Å². The highest BCUT2D eigenvalue weighted by Gasteiger charge is 2.23. The third-order valence-electron chi connectivity index (χ3n) is 4.30. The quantitative estimate of drug-likeness (QED) is 0.785. The van der Waals surface area contributed by atoms with Crippen LogP contribution in [-0.2, 0) is 14.6 Å². The highest BCUT2D eigenvalue weighted by atomic mass is 35.5. The predicted molar refractivity (Wildman–Crippen MR) is 106 cm³/mol. The molecule has 3 atom stereocenters. The first kappa shape index (κ1) is 22.2. The van der Waals surface area contributed by atoms with E-state index in [2.05, 4.69) is 5.32 Å². The molecular formula is C19H25ClN2O3S. The van der Waals surface area contributed by atoms with Crippen LogP contribution < -0.4 is 11.1 Å². The van der Waals surface area contributed by atoms with Gasteiger partial charge in [-0.25, -0.2) is 8.42 Å². The summed E-state index contributed by atoms with van der Waals surface area (Å²) in [6.07, 6.45) is 1.17. The maximum absolute atomic E-state index is 12.5. The molecule has 2 rings (SSSR count). The third-order valence-corrected chi connectivity index (χ3v) is 5.43. The number of carbonyl (C=O) groups excluding carboxylic acids is 1. The number of carbonyl (C=O) groups is 1. The Labute approximate surface area is 161 Å². The molecule has 0 aliphatic rings. The molecule has 0 fully saturated rings. The molecule has 2 aromatic rings. The van der Waals surface area contributed by atoms with Crippen molar-refractivity contribution in [2.45, 2.75) is 30.8 Å². The topological polar surface area (TPSA) is 89.3 Å². The van der Waals surface area contributed by atoms with Crippen LogP contribution in [0.1, 0.15) is 37.1 Å². The Morgan fingerprint density at radius 2 is 1.50 bits per heavy atom. The fraction of sp³-hybridized carbons (Fsp3) is 0.316. The average Bonchev–Trinajstić information content (AvgIpc) is 2.60. The first-order valence-electron chi connectivity index (χ1n) is 8.11. The number of halogens is 1. The normalized spacial score (nSPS) is 14.6. The van der Waals surface area contributed by atoms with E-state index >= 15 is 0 Å². The van der Waals surface area contributed by atoms with Crippen LogP contribution >= 0.6 is 12.4 Å². The van der Waals surface area contributed by atoms with Gasteiger partial charge < -0.3 is 11.1 Å². The van der Waals surface area contributed by atoms with Crippen molar-refractivity contribution < 1.29 is 13.2 Å². The van der Waals surface area contributed by atoms with Gasteiger partial charge in [0.1, 0.15) is 0 Å². The van der Waals surface area contributed by atoms with Crippen molar-refractivity contribution in [3.63, 3.8) is 0 Å². The number of nitrogens with two attached hydrogens (primary N) is 1. The summed E-state index contributed by atoms with van der Waals surface area (Å²) < 4.78 is 23.0. The van der Waals surface area contributed by atoms with Gasteiger partial charge >= 0.3 is 0 Å². The molecule has 26 heavy (non-hydrogen) atoms. The van der Waals surface area contributed by atoms with Crippen molar-refractivity contribution in [1.82, 2.24) is 5.32 Å². The highest BCUT2D eigenvalue weighted by Crippen LogP contribution is 2.21. The summed E-state index contributed by atoms with van der Waals surface area (Å²) in [7, 11) is -3.23. The zero-order valence-corrected chi connectivity index (χ0v) is 16.7. The Morgan fingerprint density at radius 3 is 2.00 bits per heavy atom. The summed E-state index contributed by atoms with van der Waals surface area (Å²) in [4.78, 5) is 12.7. The van der Waals surface area contributed by atoms with E-state index in [4.69, 9.17) is 5.73 Å². The maximum atomic E-state index is 12.5. The van der Waals surface area contributed by atoms with Gasteiger partial charge in [-0.2, -0.15) is 0 Å². The van der Waals surface area contributed by atoms with E-state index in [0.717, 1.165) is 11.1 Å². The Kier molecular flexibility index (Phi) is 7.81. The monoisotopic (exact) mass is 396 g/mol. The van der Waals surface area contributed by atoms with Crippen LogP contribution in [0.3, 0.4) is 0 Å². The number of sulfone groups is 1. The van der Waals surface area contributed by atoms with Gasteiger partial charge in [0.05, 0.1) is 16.9 Å². The standard InChI is InChI=1S/C19H24N2O3S.ClH/c1-13(18(20)16-7-5-4-6-8-16)19(22)21-14(2)15-9-11-17(12-10-15)25(3,23)24;/h4-14,18H,20H2,1-3H3,(H,21,22);1H. The summed E-state index contributed by atoms with van der Waals surface area (Å²) in [5.41, 5.74) is 7.94. The molecule has 5 nitrogen and oxygen atoms in total. The third kappa shape index (κ3) is 5.56. The van der Waals surface area contributed by atoms with Gasteiger partial charge in [-0.3, -0.25) is 4.79 Å². The first-order chi connectivity index (χ1) is 11.7. The van der Waals surface area contributed by atoms with Gasteiger partial charge in [-0.05, 0) is 30.2 Å². The van der Waals surface area contributed by atoms with Crippen LogP contribution in [0.15, 0.2) is 59.5 Å². The van der Waals surface area contributed by atoms with Crippen molar-refractivity contribution in [2.24, 2.45) is 11.7 Å². The molecule has 0 aliphatic carbocycles. The second kappa shape index (κ2) is 9.16. The molecule has 0 aliphatic heterocycles. The van der Waals surface area contributed by atoms with Gasteiger partial charge in [-0.1, -0.05) is 49.4 Å². The number of hydrogen-bond donors (Lipinski definition) is 2. The minimum atomic E-state index is -3.23. The largest absolute Gasteiger partial charge is 0.349 e. The van der Waals surface area contributed by atoms with Crippen molar-refractivity contribution in [3.05, 3.63) is 65.7 Å². The summed E-state index contributed by atoms with van der Waals surface area (Å²) in [5, 5.41) is 2.94. The Bertz CT molecular complexity index is 824. The van der Waals surface area contributed by atoms with E-state index in [1.54, 1.807) is 31.2 Å². The molecule has 142 valence electrons. The number of hydrogen-bond acceptors (Lipinski definition) is 4. The van der Waals surface area contributed by atoms with Crippen molar-refractivity contribution in [3.8, 4) is 0 Å². The molecule has 0 saturated carbocycles. The molecule has 2 aromatic carbocycles. The molecule has 0 heterocycles. The fourth-order valence-electron chi connectivity index (χ4n) is 2.56. The Hall–Kier alpha value is -1.89. The van der Waals surface area contributed by atoms with E-state index in [1.807, 2.05) is 37.3 Å². The van der Waals surface area contributed by atoms with Crippen LogP contribution in [0.2, 0.25) is 0 Å². The smallest absolute Gasteiger partial charge is 0.225 e. The van der Waals surface area contributed by atoms with Gasteiger partial charge in [-0.15, -0.1) is 12.4 Å². The summed E-state index contributed by atoms with van der Waals surface area (Å²) in [6, 6.07) is 15.4. The Morgan fingerprint density at radius 1 is 0.962 bits per heavy atom. The van der Waals surface area contributed by atoms with Crippen molar-refractivity contribution in [2.75, 3.05) is 6.26 Å². The van der Waals surface area contributed by atoms with E-state index in [0.29, 0.717) is 0 Å². The lowest BCUT2D eigenvalue weighted by molar-refractivity contribution is -0.125. The maximum Gasteiger partial charge on any atom is 0.225 e. The van der Waals surface area contributed by atoms with Gasteiger partial charge in [0, 0.05) is 12.3 Å². The van der Waals surface area contributed by atoms with Crippen molar-refractivity contribution in [1.29, 1.82) is 0 Å². The molecule has 3 N–H and O–H groups in total. The zero-order chi connectivity index (χ0) is 18.6. The lowest BCUT2D eigenvalue weighted by Crippen LogP contribution is -2.36. The van der Waals surface area contributed by atoms with Crippen molar-refractivity contribution >= 4 is 28.2 Å². The van der Waals surface area contributed by atoms with Crippen LogP contribution in [0.25, 0.3) is 0 Å². The minimum Gasteiger partial charge on any atom is -0.349 e. The van der Waals surface area contributed by atoms with Gasteiger partial charge in [0.25, 0.3) is 0 Å². The van der Waals surface area contributed by atoms with E-state index < -0.39 is 9.84 Å². The van der Waals surface area contributed by atoms with E-state index in [-0.39, 0.29) is 41.2 Å². The average molecular weight is 397 g/mol. The van der Waals surface area contributed by atoms with Gasteiger partial charge in [0.15, 0.2) is 9.84 Å². The lowest BCUT2D eigenvalue weighted by atomic mass is 9.94. The summed E-state index contributed by atoms with van der Waals surface area (Å²) in [6.45, 7) is 3.65. The molecular weight excluding hydrogens is 372 g/mol. The molecule has 0 aromatic heterocycles. The lowest BCUT2D eigenvalue weighted by Gasteiger charge is -2.22. The van der Waals surface area contributed by atoms with Crippen LogP contribution in [0.5, 0.6) is 0 Å². The molecule has 0 bridgehead atoms.